The number of hydrogen-bond donors (Lipinski definition) is 1. The first kappa shape index (κ1) is 15.7. The Bertz CT molecular complexity index is 657. The first-order chi connectivity index (χ1) is 10.6. The molecule has 0 aliphatic rings. The van der Waals surface area contributed by atoms with Gasteiger partial charge in [0, 0.05) is 22.9 Å². The Labute approximate surface area is 129 Å². The zero-order valence-electron chi connectivity index (χ0n) is 13.1. The summed E-state index contributed by atoms with van der Waals surface area (Å²) in [5.41, 5.74) is 1.97. The average Bonchev–Trinajstić information content (AvgIpc) is 2.55. The fourth-order valence-electron chi connectivity index (χ4n) is 2.12. The molecule has 1 amide bonds. The van der Waals surface area contributed by atoms with Crippen LogP contribution in [0.4, 0.5) is 5.69 Å². The van der Waals surface area contributed by atoms with Gasteiger partial charge in [-0.05, 0) is 31.2 Å². The first-order valence-corrected chi connectivity index (χ1v) is 6.77. The molecule has 0 aliphatic carbocycles. The number of nitrogens with one attached hydrogen (secondary N) is 1. The molecule has 0 fully saturated rings. The molecule has 0 saturated carbocycles. The van der Waals surface area contributed by atoms with Crippen molar-refractivity contribution in [3.63, 3.8) is 0 Å². The van der Waals surface area contributed by atoms with Crippen molar-refractivity contribution in [2.24, 2.45) is 0 Å². The van der Waals surface area contributed by atoms with Crippen LogP contribution in [0.15, 0.2) is 36.4 Å². The molecule has 2 aromatic carbocycles. The van der Waals surface area contributed by atoms with Crippen molar-refractivity contribution in [2.75, 3.05) is 26.6 Å². The largest absolute Gasteiger partial charge is 0.497 e. The summed E-state index contributed by atoms with van der Waals surface area (Å²) < 4.78 is 15.7. The number of carbonyl (C=O) groups is 1. The van der Waals surface area contributed by atoms with Gasteiger partial charge in [0.05, 0.1) is 21.3 Å². The van der Waals surface area contributed by atoms with Crippen molar-refractivity contribution in [3.05, 3.63) is 47.5 Å². The number of anilines is 1. The normalized spacial score (nSPS) is 10.0. The second-order valence-corrected chi connectivity index (χ2v) is 4.69. The van der Waals surface area contributed by atoms with Gasteiger partial charge in [0.1, 0.15) is 17.2 Å². The van der Waals surface area contributed by atoms with E-state index in [0.717, 1.165) is 5.56 Å². The molecule has 5 heteroatoms. The van der Waals surface area contributed by atoms with E-state index in [0.29, 0.717) is 28.5 Å². The highest BCUT2D eigenvalue weighted by atomic mass is 16.5. The van der Waals surface area contributed by atoms with Crippen LogP contribution in [0.25, 0.3) is 0 Å². The van der Waals surface area contributed by atoms with Gasteiger partial charge in [0.2, 0.25) is 0 Å². The van der Waals surface area contributed by atoms with Gasteiger partial charge in [-0.25, -0.2) is 0 Å². The molecule has 0 aromatic heterocycles. The predicted molar refractivity (Wildman–Crippen MR) is 85.2 cm³/mol. The van der Waals surface area contributed by atoms with E-state index in [4.69, 9.17) is 14.2 Å². The number of benzene rings is 2. The molecule has 0 saturated heterocycles. The minimum absolute atomic E-state index is 0.246. The summed E-state index contributed by atoms with van der Waals surface area (Å²) in [4.78, 5) is 12.4. The van der Waals surface area contributed by atoms with Crippen molar-refractivity contribution in [1.82, 2.24) is 0 Å². The smallest absolute Gasteiger partial charge is 0.255 e. The molecule has 0 radical (unpaired) electrons. The monoisotopic (exact) mass is 301 g/mol. The van der Waals surface area contributed by atoms with E-state index in [2.05, 4.69) is 5.32 Å². The maximum atomic E-state index is 12.4. The summed E-state index contributed by atoms with van der Waals surface area (Å²) in [6.07, 6.45) is 0. The van der Waals surface area contributed by atoms with Gasteiger partial charge >= 0.3 is 0 Å². The lowest BCUT2D eigenvalue weighted by Crippen LogP contribution is -2.12. The van der Waals surface area contributed by atoms with Crippen molar-refractivity contribution >= 4 is 11.6 Å². The van der Waals surface area contributed by atoms with Crippen LogP contribution in [0.1, 0.15) is 15.9 Å². The fraction of sp³-hybridized carbons (Fsp3) is 0.235. The second-order valence-electron chi connectivity index (χ2n) is 4.69. The zero-order chi connectivity index (χ0) is 16.1. The quantitative estimate of drug-likeness (QED) is 0.921. The van der Waals surface area contributed by atoms with Crippen LogP contribution in [0.3, 0.4) is 0 Å². The molecule has 0 bridgehead atoms. The molecular weight excluding hydrogens is 282 g/mol. The SMILES string of the molecule is COc1cccc(NC(=O)c2cc(OC)c(C)c(OC)c2)c1. The Kier molecular flexibility index (Phi) is 4.88. The number of rotatable bonds is 5. The Morgan fingerprint density at radius 3 is 2.14 bits per heavy atom. The lowest BCUT2D eigenvalue weighted by Gasteiger charge is -2.13. The Hall–Kier alpha value is -2.69. The van der Waals surface area contributed by atoms with Gasteiger partial charge < -0.3 is 19.5 Å². The highest BCUT2D eigenvalue weighted by Gasteiger charge is 2.14. The third kappa shape index (κ3) is 3.31. The maximum absolute atomic E-state index is 12.4. The highest BCUT2D eigenvalue weighted by molar-refractivity contribution is 6.05. The van der Waals surface area contributed by atoms with Crippen LogP contribution in [0, 0.1) is 6.92 Å². The van der Waals surface area contributed by atoms with Crippen LogP contribution < -0.4 is 19.5 Å². The molecule has 116 valence electrons. The first-order valence-electron chi connectivity index (χ1n) is 6.77. The van der Waals surface area contributed by atoms with Gasteiger partial charge in [0.15, 0.2) is 0 Å². The van der Waals surface area contributed by atoms with Crippen LogP contribution in [0.2, 0.25) is 0 Å². The summed E-state index contributed by atoms with van der Waals surface area (Å²) in [5, 5.41) is 2.82. The molecule has 2 rings (SSSR count). The van der Waals surface area contributed by atoms with Crippen molar-refractivity contribution in [2.45, 2.75) is 6.92 Å². The molecule has 1 N–H and O–H groups in total. The van der Waals surface area contributed by atoms with Crippen LogP contribution >= 0.6 is 0 Å². The second kappa shape index (κ2) is 6.85. The van der Waals surface area contributed by atoms with Gasteiger partial charge in [-0.2, -0.15) is 0 Å². The zero-order valence-corrected chi connectivity index (χ0v) is 13.1. The molecule has 0 atom stereocenters. The van der Waals surface area contributed by atoms with Crippen LogP contribution in [0.5, 0.6) is 17.2 Å². The Morgan fingerprint density at radius 1 is 0.955 bits per heavy atom. The maximum Gasteiger partial charge on any atom is 0.255 e. The molecule has 0 spiro atoms. The average molecular weight is 301 g/mol. The predicted octanol–water partition coefficient (Wildman–Crippen LogP) is 3.27. The molecule has 5 nitrogen and oxygen atoms in total. The van der Waals surface area contributed by atoms with E-state index >= 15 is 0 Å². The lowest BCUT2D eigenvalue weighted by molar-refractivity contribution is 0.102. The van der Waals surface area contributed by atoms with Crippen molar-refractivity contribution in [3.8, 4) is 17.2 Å². The minimum Gasteiger partial charge on any atom is -0.497 e. The van der Waals surface area contributed by atoms with Crippen LogP contribution in [-0.4, -0.2) is 27.2 Å². The molecule has 2 aromatic rings. The molecule has 0 unspecified atom stereocenters. The van der Waals surface area contributed by atoms with E-state index < -0.39 is 0 Å². The van der Waals surface area contributed by atoms with E-state index in [1.807, 2.05) is 19.1 Å². The number of amides is 1. The van der Waals surface area contributed by atoms with Crippen molar-refractivity contribution < 1.29 is 19.0 Å². The number of ether oxygens (including phenoxy) is 3. The highest BCUT2D eigenvalue weighted by Crippen LogP contribution is 2.30. The van der Waals surface area contributed by atoms with Gasteiger partial charge in [0.25, 0.3) is 5.91 Å². The summed E-state index contributed by atoms with van der Waals surface area (Å²) in [7, 11) is 4.70. The molecule has 0 heterocycles. The minimum atomic E-state index is -0.246. The summed E-state index contributed by atoms with van der Waals surface area (Å²) in [5.74, 6) is 1.65. The fourth-order valence-corrected chi connectivity index (χ4v) is 2.12. The number of hydrogen-bond acceptors (Lipinski definition) is 4. The Morgan fingerprint density at radius 2 is 1.59 bits per heavy atom. The van der Waals surface area contributed by atoms with E-state index in [-0.39, 0.29) is 5.91 Å². The number of carbonyl (C=O) groups excluding carboxylic acids is 1. The summed E-state index contributed by atoms with van der Waals surface area (Å²) in [6, 6.07) is 10.5. The Balaban J connectivity index is 2.29. The lowest BCUT2D eigenvalue weighted by atomic mass is 10.1. The van der Waals surface area contributed by atoms with E-state index in [1.54, 1.807) is 45.6 Å². The summed E-state index contributed by atoms with van der Waals surface area (Å²) in [6.45, 7) is 1.88. The van der Waals surface area contributed by atoms with E-state index in [1.165, 1.54) is 0 Å². The number of methoxy groups -OCH3 is 3. The van der Waals surface area contributed by atoms with Gasteiger partial charge in [-0.1, -0.05) is 6.07 Å². The summed E-state index contributed by atoms with van der Waals surface area (Å²) >= 11 is 0. The third-order valence-electron chi connectivity index (χ3n) is 3.34. The standard InChI is InChI=1S/C17H19NO4/c1-11-15(21-3)8-12(9-16(11)22-4)17(19)18-13-6-5-7-14(10-13)20-2/h5-10H,1-4H3,(H,18,19). The molecular formula is C17H19NO4. The van der Waals surface area contributed by atoms with Crippen LogP contribution in [-0.2, 0) is 0 Å². The van der Waals surface area contributed by atoms with Crippen molar-refractivity contribution in [1.29, 1.82) is 0 Å². The van der Waals surface area contributed by atoms with Gasteiger partial charge in [-0.3, -0.25) is 4.79 Å². The topological polar surface area (TPSA) is 56.8 Å². The molecule has 0 aliphatic heterocycles. The van der Waals surface area contributed by atoms with Gasteiger partial charge in [-0.15, -0.1) is 0 Å². The van der Waals surface area contributed by atoms with E-state index in [9.17, 15) is 4.79 Å². The molecule has 22 heavy (non-hydrogen) atoms. The third-order valence-corrected chi connectivity index (χ3v) is 3.34.